The molecular formula is C24H21N3O3S. The molecule has 3 aromatic carbocycles. The molecule has 156 valence electrons. The minimum atomic E-state index is -0.808. The summed E-state index contributed by atoms with van der Waals surface area (Å²) in [4.78, 5) is 29.8. The van der Waals surface area contributed by atoms with Gasteiger partial charge in [-0.15, -0.1) is 0 Å². The first-order valence-electron chi connectivity index (χ1n) is 9.85. The van der Waals surface area contributed by atoms with E-state index in [0.717, 1.165) is 21.3 Å². The number of nitrogens with zero attached hydrogens (tertiary/aromatic N) is 1. The van der Waals surface area contributed by atoms with Crippen molar-refractivity contribution in [1.29, 1.82) is 0 Å². The fourth-order valence-corrected chi connectivity index (χ4v) is 3.95. The van der Waals surface area contributed by atoms with Gasteiger partial charge in [-0.05, 0) is 23.3 Å². The zero-order valence-electron chi connectivity index (χ0n) is 16.7. The zero-order chi connectivity index (χ0) is 21.5. The highest BCUT2D eigenvalue weighted by Gasteiger charge is 2.23. The summed E-state index contributed by atoms with van der Waals surface area (Å²) in [5.74, 6) is -0.348. The first-order valence-corrected chi connectivity index (χ1v) is 10.7. The quantitative estimate of drug-likeness (QED) is 0.442. The maximum Gasteiger partial charge on any atom is 0.408 e. The number of fused-ring (bicyclic) bond motifs is 1. The van der Waals surface area contributed by atoms with Crippen molar-refractivity contribution in [3.05, 3.63) is 96.1 Å². The molecule has 6 nitrogen and oxygen atoms in total. The Morgan fingerprint density at radius 2 is 1.52 bits per heavy atom. The molecule has 2 amide bonds. The lowest BCUT2D eigenvalue weighted by Crippen LogP contribution is -2.45. The Morgan fingerprint density at radius 1 is 0.871 bits per heavy atom. The third kappa shape index (κ3) is 5.67. The van der Waals surface area contributed by atoms with Crippen LogP contribution in [0.4, 0.5) is 9.93 Å². The van der Waals surface area contributed by atoms with Gasteiger partial charge >= 0.3 is 6.09 Å². The molecule has 4 rings (SSSR count). The summed E-state index contributed by atoms with van der Waals surface area (Å²) in [5.41, 5.74) is 2.61. The normalized spacial score (nSPS) is 11.6. The summed E-state index contributed by atoms with van der Waals surface area (Å²) in [6, 6.07) is 25.8. The van der Waals surface area contributed by atoms with Gasteiger partial charge in [-0.3, -0.25) is 4.79 Å². The zero-order valence-corrected chi connectivity index (χ0v) is 17.5. The highest BCUT2D eigenvalue weighted by Crippen LogP contribution is 2.25. The number of para-hydroxylation sites is 1. The number of benzene rings is 3. The molecule has 0 aliphatic carbocycles. The van der Waals surface area contributed by atoms with Crippen LogP contribution >= 0.6 is 11.3 Å². The summed E-state index contributed by atoms with van der Waals surface area (Å²) in [6.45, 7) is 0.129. The Hall–Kier alpha value is -3.71. The van der Waals surface area contributed by atoms with E-state index in [4.69, 9.17) is 4.74 Å². The van der Waals surface area contributed by atoms with E-state index in [2.05, 4.69) is 15.6 Å². The number of rotatable bonds is 7. The van der Waals surface area contributed by atoms with Gasteiger partial charge in [0.05, 0.1) is 10.2 Å². The molecule has 0 spiro atoms. The molecule has 0 saturated carbocycles. The van der Waals surface area contributed by atoms with Crippen LogP contribution in [0.3, 0.4) is 0 Å². The summed E-state index contributed by atoms with van der Waals surface area (Å²) in [7, 11) is 0. The largest absolute Gasteiger partial charge is 0.445 e. The third-order valence-corrected chi connectivity index (χ3v) is 5.58. The van der Waals surface area contributed by atoms with Gasteiger partial charge in [-0.25, -0.2) is 9.78 Å². The van der Waals surface area contributed by atoms with E-state index < -0.39 is 12.1 Å². The number of hydrogen-bond acceptors (Lipinski definition) is 5. The average Bonchev–Trinajstić information content (AvgIpc) is 3.21. The molecule has 0 aliphatic heterocycles. The Labute approximate surface area is 183 Å². The van der Waals surface area contributed by atoms with Crippen LogP contribution in [0.15, 0.2) is 84.9 Å². The van der Waals surface area contributed by atoms with Crippen LogP contribution in [-0.4, -0.2) is 23.0 Å². The smallest absolute Gasteiger partial charge is 0.408 e. The van der Waals surface area contributed by atoms with Gasteiger partial charge in [0, 0.05) is 6.42 Å². The molecule has 1 aromatic heterocycles. The van der Waals surface area contributed by atoms with Gasteiger partial charge in [-0.1, -0.05) is 84.1 Å². The molecule has 4 aromatic rings. The molecule has 0 fully saturated rings. The number of ether oxygens (including phenoxy) is 1. The lowest BCUT2D eigenvalue weighted by Gasteiger charge is -2.18. The molecule has 0 aliphatic rings. The SMILES string of the molecule is O=C(N[C@@H](Cc1ccccc1)C(=O)Nc1nc2ccccc2s1)OCc1ccccc1. The van der Waals surface area contributed by atoms with Gasteiger partial charge in [0.15, 0.2) is 5.13 Å². The van der Waals surface area contributed by atoms with Crippen LogP contribution < -0.4 is 10.6 Å². The first kappa shape index (κ1) is 20.6. The Bertz CT molecular complexity index is 1130. The van der Waals surface area contributed by atoms with Gasteiger partial charge in [0.2, 0.25) is 5.91 Å². The second-order valence-corrected chi connectivity index (χ2v) is 7.96. The summed E-state index contributed by atoms with van der Waals surface area (Å²) in [6.07, 6.45) is -0.318. The molecule has 1 heterocycles. The maximum atomic E-state index is 13.0. The fourth-order valence-electron chi connectivity index (χ4n) is 3.08. The standard InChI is InChI=1S/C24H21N3O3S/c28-22(27-23-25-19-13-7-8-14-21(19)31-23)20(15-17-9-3-1-4-10-17)26-24(29)30-16-18-11-5-2-6-12-18/h1-14,20H,15-16H2,(H,26,29)(H,25,27,28)/t20-/m0/s1. The van der Waals surface area contributed by atoms with E-state index in [0.29, 0.717) is 11.6 Å². The van der Waals surface area contributed by atoms with Gasteiger partial charge in [-0.2, -0.15) is 0 Å². The van der Waals surface area contributed by atoms with Crippen molar-refractivity contribution in [3.8, 4) is 0 Å². The van der Waals surface area contributed by atoms with Crippen LogP contribution in [0.5, 0.6) is 0 Å². The Balaban J connectivity index is 1.44. The van der Waals surface area contributed by atoms with Crippen LogP contribution in [0, 0.1) is 0 Å². The number of thiazole rings is 1. The number of anilines is 1. The lowest BCUT2D eigenvalue weighted by atomic mass is 10.1. The Kier molecular flexibility index (Phi) is 6.54. The fraction of sp³-hybridized carbons (Fsp3) is 0.125. The molecule has 0 radical (unpaired) electrons. The molecular weight excluding hydrogens is 410 g/mol. The van der Waals surface area contributed by atoms with Crippen LogP contribution in [0.25, 0.3) is 10.2 Å². The highest BCUT2D eigenvalue weighted by molar-refractivity contribution is 7.22. The van der Waals surface area contributed by atoms with Crippen molar-refractivity contribution in [1.82, 2.24) is 10.3 Å². The molecule has 0 saturated heterocycles. The number of carbonyl (C=O) groups is 2. The summed E-state index contributed by atoms with van der Waals surface area (Å²) < 4.78 is 6.28. The van der Waals surface area contributed by atoms with Crippen molar-refractivity contribution in [3.63, 3.8) is 0 Å². The van der Waals surface area contributed by atoms with Crippen molar-refractivity contribution < 1.29 is 14.3 Å². The minimum absolute atomic E-state index is 0.129. The molecule has 0 unspecified atom stereocenters. The van der Waals surface area contributed by atoms with Crippen LogP contribution in [0.2, 0.25) is 0 Å². The minimum Gasteiger partial charge on any atom is -0.445 e. The van der Waals surface area contributed by atoms with E-state index in [1.54, 1.807) is 0 Å². The predicted molar refractivity (Wildman–Crippen MR) is 122 cm³/mol. The van der Waals surface area contributed by atoms with E-state index >= 15 is 0 Å². The van der Waals surface area contributed by atoms with E-state index in [1.807, 2.05) is 84.9 Å². The number of carbonyl (C=O) groups excluding carboxylic acids is 2. The van der Waals surface area contributed by atoms with Gasteiger partial charge in [0.25, 0.3) is 0 Å². The predicted octanol–water partition coefficient (Wildman–Crippen LogP) is 4.77. The number of nitrogens with one attached hydrogen (secondary N) is 2. The topological polar surface area (TPSA) is 80.3 Å². The van der Waals surface area contributed by atoms with E-state index in [1.165, 1.54) is 11.3 Å². The summed E-state index contributed by atoms with van der Waals surface area (Å²) in [5, 5.41) is 6.01. The second-order valence-electron chi connectivity index (χ2n) is 6.92. The van der Waals surface area contributed by atoms with Gasteiger partial charge in [0.1, 0.15) is 12.6 Å². The lowest BCUT2D eigenvalue weighted by molar-refractivity contribution is -0.118. The summed E-state index contributed by atoms with van der Waals surface area (Å²) >= 11 is 1.39. The molecule has 1 atom stereocenters. The highest BCUT2D eigenvalue weighted by atomic mass is 32.1. The second kappa shape index (κ2) is 9.86. The molecule has 0 bridgehead atoms. The monoisotopic (exact) mass is 431 g/mol. The Morgan fingerprint density at radius 3 is 2.23 bits per heavy atom. The number of hydrogen-bond donors (Lipinski definition) is 2. The first-order chi connectivity index (χ1) is 15.2. The maximum absolute atomic E-state index is 13.0. The van der Waals surface area contributed by atoms with Gasteiger partial charge < -0.3 is 15.4 Å². The average molecular weight is 432 g/mol. The molecule has 31 heavy (non-hydrogen) atoms. The van der Waals surface area contributed by atoms with Crippen molar-refractivity contribution in [2.45, 2.75) is 19.1 Å². The van der Waals surface area contributed by atoms with Crippen molar-refractivity contribution >= 4 is 38.7 Å². The number of amides is 2. The number of aromatic nitrogens is 1. The molecule has 7 heteroatoms. The third-order valence-electron chi connectivity index (χ3n) is 4.63. The van der Waals surface area contributed by atoms with E-state index in [9.17, 15) is 9.59 Å². The van der Waals surface area contributed by atoms with Crippen molar-refractivity contribution in [2.24, 2.45) is 0 Å². The number of alkyl carbamates (subject to hydrolysis) is 1. The van der Waals surface area contributed by atoms with E-state index in [-0.39, 0.29) is 12.5 Å². The van der Waals surface area contributed by atoms with Crippen LogP contribution in [-0.2, 0) is 22.6 Å². The molecule has 2 N–H and O–H groups in total. The van der Waals surface area contributed by atoms with Crippen LogP contribution in [0.1, 0.15) is 11.1 Å². The van der Waals surface area contributed by atoms with Crippen molar-refractivity contribution in [2.75, 3.05) is 5.32 Å².